The highest BCUT2D eigenvalue weighted by molar-refractivity contribution is 7.98. The molecule has 0 bridgehead atoms. The topological polar surface area (TPSA) is 71.8 Å². The summed E-state index contributed by atoms with van der Waals surface area (Å²) in [5.74, 6) is 0.716. The van der Waals surface area contributed by atoms with Gasteiger partial charge < -0.3 is 9.51 Å². The maximum absolute atomic E-state index is 12.5. The fourth-order valence-corrected chi connectivity index (χ4v) is 2.02. The summed E-state index contributed by atoms with van der Waals surface area (Å²) in [7, 11) is 0. The van der Waals surface area contributed by atoms with Crippen LogP contribution in [0.1, 0.15) is 17.1 Å². The summed E-state index contributed by atoms with van der Waals surface area (Å²) in [6, 6.07) is 2.07. The number of hydrogen-bond acceptors (Lipinski definition) is 5. The molecular formula is C10H8F3N3O2S. The SMILES string of the molecule is Cc1cc(CSc2nc(C(F)(F)F)cc(=O)[nH]2)on1. The molecule has 0 aromatic carbocycles. The third kappa shape index (κ3) is 3.60. The van der Waals surface area contributed by atoms with Crippen LogP contribution in [0.4, 0.5) is 13.2 Å². The van der Waals surface area contributed by atoms with Gasteiger partial charge in [-0.2, -0.15) is 13.2 Å². The van der Waals surface area contributed by atoms with Crippen molar-refractivity contribution < 1.29 is 17.7 Å². The van der Waals surface area contributed by atoms with Crippen LogP contribution in [0, 0.1) is 6.92 Å². The molecule has 0 aliphatic rings. The molecule has 2 aromatic rings. The zero-order valence-corrected chi connectivity index (χ0v) is 10.4. The molecule has 0 saturated heterocycles. The number of aromatic amines is 1. The molecule has 0 atom stereocenters. The Balaban J connectivity index is 2.16. The van der Waals surface area contributed by atoms with Crippen LogP contribution < -0.4 is 5.56 Å². The lowest BCUT2D eigenvalue weighted by atomic mass is 10.4. The highest BCUT2D eigenvalue weighted by Gasteiger charge is 2.33. The van der Waals surface area contributed by atoms with Gasteiger partial charge in [0.05, 0.1) is 11.4 Å². The zero-order valence-electron chi connectivity index (χ0n) is 9.61. The van der Waals surface area contributed by atoms with Crippen LogP contribution in [0.15, 0.2) is 26.6 Å². The lowest BCUT2D eigenvalue weighted by Crippen LogP contribution is -2.16. The van der Waals surface area contributed by atoms with E-state index in [0.717, 1.165) is 11.8 Å². The van der Waals surface area contributed by atoms with Crippen LogP contribution in [0.3, 0.4) is 0 Å². The predicted molar refractivity (Wildman–Crippen MR) is 60.7 cm³/mol. The van der Waals surface area contributed by atoms with E-state index in [1.807, 2.05) is 0 Å². The number of nitrogens with zero attached hydrogens (tertiary/aromatic N) is 2. The standard InChI is InChI=1S/C10H8F3N3O2S/c1-5-2-6(18-16-5)4-19-9-14-7(10(11,12)13)3-8(17)15-9/h2-3H,4H2,1H3,(H,14,15,17). The average molecular weight is 291 g/mol. The lowest BCUT2D eigenvalue weighted by molar-refractivity contribution is -0.141. The maximum Gasteiger partial charge on any atom is 0.433 e. The number of rotatable bonds is 3. The molecule has 0 unspecified atom stereocenters. The molecule has 2 heterocycles. The molecule has 9 heteroatoms. The number of hydrogen-bond donors (Lipinski definition) is 1. The minimum atomic E-state index is -4.65. The van der Waals surface area contributed by atoms with Gasteiger partial charge in [0.2, 0.25) is 0 Å². The van der Waals surface area contributed by atoms with E-state index in [0.29, 0.717) is 17.5 Å². The van der Waals surface area contributed by atoms with Crippen molar-refractivity contribution in [1.29, 1.82) is 0 Å². The number of halogens is 3. The molecule has 0 amide bonds. The first-order chi connectivity index (χ1) is 8.84. The molecule has 5 nitrogen and oxygen atoms in total. The summed E-state index contributed by atoms with van der Waals surface area (Å²) in [6.45, 7) is 1.72. The fourth-order valence-electron chi connectivity index (χ4n) is 1.27. The van der Waals surface area contributed by atoms with E-state index in [2.05, 4.69) is 15.1 Å². The minimum absolute atomic E-state index is 0.117. The van der Waals surface area contributed by atoms with Crippen molar-refractivity contribution in [3.63, 3.8) is 0 Å². The third-order valence-electron chi connectivity index (χ3n) is 2.04. The maximum atomic E-state index is 12.5. The van der Waals surface area contributed by atoms with E-state index in [1.54, 1.807) is 13.0 Å². The van der Waals surface area contributed by atoms with Gasteiger partial charge >= 0.3 is 6.18 Å². The third-order valence-corrected chi connectivity index (χ3v) is 2.93. The van der Waals surface area contributed by atoms with Gasteiger partial charge in [-0.25, -0.2) is 4.98 Å². The zero-order chi connectivity index (χ0) is 14.0. The van der Waals surface area contributed by atoms with Crippen LogP contribution in [-0.2, 0) is 11.9 Å². The van der Waals surface area contributed by atoms with Crippen LogP contribution >= 0.6 is 11.8 Å². The van der Waals surface area contributed by atoms with Crippen molar-refractivity contribution in [3.8, 4) is 0 Å². The Hall–Kier alpha value is -1.77. The second-order valence-corrected chi connectivity index (χ2v) is 4.62. The van der Waals surface area contributed by atoms with E-state index in [1.165, 1.54) is 0 Å². The van der Waals surface area contributed by atoms with E-state index in [-0.39, 0.29) is 10.9 Å². The first kappa shape index (κ1) is 13.7. The Kier molecular flexibility index (Phi) is 3.65. The predicted octanol–water partition coefficient (Wildman–Crippen LogP) is 2.38. The molecule has 19 heavy (non-hydrogen) atoms. The molecule has 2 rings (SSSR count). The Bertz CT molecular complexity index is 635. The van der Waals surface area contributed by atoms with E-state index in [4.69, 9.17) is 4.52 Å². The molecular weight excluding hydrogens is 283 g/mol. The fraction of sp³-hybridized carbons (Fsp3) is 0.300. The molecule has 102 valence electrons. The van der Waals surface area contributed by atoms with Crippen LogP contribution in [0.5, 0.6) is 0 Å². The average Bonchev–Trinajstić information content (AvgIpc) is 2.71. The van der Waals surface area contributed by atoms with E-state index < -0.39 is 17.4 Å². The Labute approximate surface area is 109 Å². The van der Waals surface area contributed by atoms with Crippen molar-refractivity contribution in [2.75, 3.05) is 0 Å². The molecule has 0 aliphatic heterocycles. The van der Waals surface area contributed by atoms with Crippen molar-refractivity contribution in [2.45, 2.75) is 24.0 Å². The smallest absolute Gasteiger partial charge is 0.360 e. The first-order valence-corrected chi connectivity index (χ1v) is 6.07. The van der Waals surface area contributed by atoms with Crippen molar-refractivity contribution in [1.82, 2.24) is 15.1 Å². The van der Waals surface area contributed by atoms with Crippen molar-refractivity contribution >= 4 is 11.8 Å². The van der Waals surface area contributed by atoms with Crippen LogP contribution in [0.25, 0.3) is 0 Å². The normalized spacial score (nSPS) is 11.8. The lowest BCUT2D eigenvalue weighted by Gasteiger charge is -2.06. The van der Waals surface area contributed by atoms with Crippen LogP contribution in [-0.4, -0.2) is 15.1 Å². The Morgan fingerprint density at radius 2 is 2.16 bits per heavy atom. The summed E-state index contributed by atoms with van der Waals surface area (Å²) in [6.07, 6.45) is -4.65. The van der Waals surface area contributed by atoms with Crippen molar-refractivity contribution in [2.24, 2.45) is 0 Å². The second-order valence-electron chi connectivity index (χ2n) is 3.66. The van der Waals surface area contributed by atoms with Gasteiger partial charge in [-0.05, 0) is 6.92 Å². The van der Waals surface area contributed by atoms with Crippen molar-refractivity contribution in [3.05, 3.63) is 39.6 Å². The van der Waals surface area contributed by atoms with E-state index in [9.17, 15) is 18.0 Å². The summed E-state index contributed by atoms with van der Waals surface area (Å²) >= 11 is 0.931. The summed E-state index contributed by atoms with van der Waals surface area (Å²) in [5, 5.41) is 3.53. The Morgan fingerprint density at radius 3 is 2.74 bits per heavy atom. The number of alkyl halides is 3. The number of aromatic nitrogens is 3. The summed E-state index contributed by atoms with van der Waals surface area (Å²) < 4.78 is 42.3. The molecule has 0 radical (unpaired) electrons. The molecule has 2 aromatic heterocycles. The van der Waals surface area contributed by atoms with Gasteiger partial charge in [-0.3, -0.25) is 4.79 Å². The minimum Gasteiger partial charge on any atom is -0.360 e. The monoisotopic (exact) mass is 291 g/mol. The second kappa shape index (κ2) is 5.08. The summed E-state index contributed by atoms with van der Waals surface area (Å²) in [4.78, 5) is 16.7. The number of aryl methyl sites for hydroxylation is 1. The molecule has 0 fully saturated rings. The van der Waals surface area contributed by atoms with Gasteiger partial charge in [0, 0.05) is 12.1 Å². The number of nitrogens with one attached hydrogen (secondary N) is 1. The highest BCUT2D eigenvalue weighted by atomic mass is 32.2. The van der Waals surface area contributed by atoms with Gasteiger partial charge in [-0.15, -0.1) is 0 Å². The van der Waals surface area contributed by atoms with Gasteiger partial charge in [0.1, 0.15) is 5.76 Å². The summed E-state index contributed by atoms with van der Waals surface area (Å²) in [5.41, 5.74) is -1.40. The number of thioether (sulfide) groups is 1. The van der Waals surface area contributed by atoms with Gasteiger partial charge in [-0.1, -0.05) is 16.9 Å². The van der Waals surface area contributed by atoms with Gasteiger partial charge in [0.15, 0.2) is 10.9 Å². The molecule has 0 aliphatic carbocycles. The largest absolute Gasteiger partial charge is 0.433 e. The quantitative estimate of drug-likeness (QED) is 0.694. The highest BCUT2D eigenvalue weighted by Crippen LogP contribution is 2.28. The Morgan fingerprint density at radius 1 is 1.42 bits per heavy atom. The van der Waals surface area contributed by atoms with Gasteiger partial charge in [0.25, 0.3) is 5.56 Å². The molecule has 1 N–H and O–H groups in total. The molecule has 0 spiro atoms. The van der Waals surface area contributed by atoms with Crippen LogP contribution in [0.2, 0.25) is 0 Å². The first-order valence-electron chi connectivity index (χ1n) is 5.08. The van der Waals surface area contributed by atoms with E-state index >= 15 is 0 Å². The molecule has 0 saturated carbocycles. The number of H-pyrrole nitrogens is 1.